The first-order valence-corrected chi connectivity index (χ1v) is 13.9. The summed E-state index contributed by atoms with van der Waals surface area (Å²) in [6, 6.07) is 7.38. The van der Waals surface area contributed by atoms with Crippen molar-refractivity contribution in [3.63, 3.8) is 0 Å². The third-order valence-electron chi connectivity index (χ3n) is 8.37. The summed E-state index contributed by atoms with van der Waals surface area (Å²) in [7, 11) is 1.99. The first-order valence-electron chi connectivity index (χ1n) is 13.9. The molecule has 5 rings (SSSR count). The van der Waals surface area contributed by atoms with Crippen LogP contribution in [0.1, 0.15) is 13.3 Å². The Morgan fingerprint density at radius 1 is 1.02 bits per heavy atom. The highest BCUT2D eigenvalue weighted by Gasteiger charge is 2.40. The summed E-state index contributed by atoms with van der Waals surface area (Å²) < 4.78 is 63.8. The van der Waals surface area contributed by atoms with Gasteiger partial charge in [-0.1, -0.05) is 6.07 Å². The van der Waals surface area contributed by atoms with Crippen LogP contribution in [0, 0.1) is 23.5 Å². The molecule has 2 unspecified atom stereocenters. The zero-order valence-electron chi connectivity index (χ0n) is 23.1. The number of hydrogen-bond donors (Lipinski definition) is 2. The number of hydrogen-bond acceptors (Lipinski definition) is 6. The van der Waals surface area contributed by atoms with Crippen molar-refractivity contribution in [1.29, 1.82) is 0 Å². The largest absolute Gasteiger partial charge is 0.378 e. The molecular weight excluding hydrogens is 542 g/mol. The lowest BCUT2D eigenvalue weighted by atomic mass is 9.85. The van der Waals surface area contributed by atoms with Crippen LogP contribution in [0.4, 0.5) is 34.6 Å². The van der Waals surface area contributed by atoms with Crippen LogP contribution in [0.5, 0.6) is 0 Å². The summed E-state index contributed by atoms with van der Waals surface area (Å²) in [6.45, 7) is 5.69. The van der Waals surface area contributed by atoms with Crippen LogP contribution in [0.25, 0.3) is 11.1 Å². The zero-order valence-corrected chi connectivity index (χ0v) is 23.1. The van der Waals surface area contributed by atoms with Gasteiger partial charge in [0, 0.05) is 63.2 Å². The van der Waals surface area contributed by atoms with Crippen LogP contribution in [0.2, 0.25) is 0 Å². The molecule has 222 valence electrons. The number of anilines is 3. The van der Waals surface area contributed by atoms with Gasteiger partial charge in [0.15, 0.2) is 0 Å². The van der Waals surface area contributed by atoms with Crippen molar-refractivity contribution in [2.24, 2.45) is 11.8 Å². The fourth-order valence-electron chi connectivity index (χ4n) is 5.73. The van der Waals surface area contributed by atoms with Crippen LogP contribution in [0.3, 0.4) is 0 Å². The van der Waals surface area contributed by atoms with Crippen molar-refractivity contribution in [2.45, 2.75) is 25.8 Å². The lowest BCUT2D eigenvalue weighted by molar-refractivity contribution is -0.133. The normalized spacial score (nSPS) is 24.0. The van der Waals surface area contributed by atoms with Gasteiger partial charge in [-0.15, -0.1) is 0 Å². The van der Waals surface area contributed by atoms with E-state index in [1.54, 1.807) is 12.1 Å². The number of piperazine rings is 1. The Morgan fingerprint density at radius 2 is 1.78 bits per heavy atom. The second kappa shape index (κ2) is 12.2. The van der Waals surface area contributed by atoms with Crippen LogP contribution in [-0.4, -0.2) is 88.7 Å². The average Bonchev–Trinajstić information content (AvgIpc) is 2.95. The zero-order chi connectivity index (χ0) is 29.3. The number of nitrogens with zero attached hydrogens (tertiary/aromatic N) is 3. The summed E-state index contributed by atoms with van der Waals surface area (Å²) >= 11 is 0. The number of alkyl halides is 2. The lowest BCUT2D eigenvalue weighted by Crippen LogP contribution is -2.50. The highest BCUT2D eigenvalue weighted by molar-refractivity contribution is 5.98. The molecule has 3 aliphatic heterocycles. The molecule has 2 aromatic rings. The molecule has 0 bridgehead atoms. The van der Waals surface area contributed by atoms with Crippen molar-refractivity contribution >= 4 is 28.9 Å². The Labute approximate surface area is 236 Å². The number of rotatable bonds is 6. The van der Waals surface area contributed by atoms with Crippen molar-refractivity contribution in [3.8, 4) is 11.1 Å². The van der Waals surface area contributed by atoms with Gasteiger partial charge in [0.25, 0.3) is 0 Å². The van der Waals surface area contributed by atoms with Gasteiger partial charge in [-0.05, 0) is 43.8 Å². The van der Waals surface area contributed by atoms with E-state index in [4.69, 9.17) is 4.74 Å². The van der Waals surface area contributed by atoms with Crippen molar-refractivity contribution in [2.75, 3.05) is 74.6 Å². The Bertz CT molecular complexity index is 1290. The number of halogens is 4. The molecule has 3 atom stereocenters. The quantitative estimate of drug-likeness (QED) is 0.512. The Morgan fingerprint density at radius 3 is 2.46 bits per heavy atom. The van der Waals surface area contributed by atoms with E-state index in [-0.39, 0.29) is 29.4 Å². The first-order chi connectivity index (χ1) is 19.6. The molecule has 12 heteroatoms. The number of benzene rings is 2. The molecule has 2 N–H and O–H groups in total. The van der Waals surface area contributed by atoms with Gasteiger partial charge < -0.3 is 30.1 Å². The lowest BCUT2D eigenvalue weighted by Gasteiger charge is -2.40. The van der Waals surface area contributed by atoms with Crippen LogP contribution in [-0.2, 0) is 14.3 Å². The minimum Gasteiger partial charge on any atom is -0.378 e. The van der Waals surface area contributed by atoms with E-state index < -0.39 is 48.1 Å². The Hall–Kier alpha value is -3.38. The van der Waals surface area contributed by atoms with Gasteiger partial charge in [0.2, 0.25) is 18.2 Å². The molecule has 41 heavy (non-hydrogen) atoms. The predicted octanol–water partition coefficient (Wildman–Crippen LogP) is 3.56. The molecule has 3 heterocycles. The van der Waals surface area contributed by atoms with Gasteiger partial charge in [-0.3, -0.25) is 9.59 Å². The minimum atomic E-state index is -2.86. The van der Waals surface area contributed by atoms with Crippen molar-refractivity contribution in [1.82, 2.24) is 10.2 Å². The van der Waals surface area contributed by atoms with E-state index in [1.807, 2.05) is 23.8 Å². The third-order valence-corrected chi connectivity index (χ3v) is 8.37. The van der Waals surface area contributed by atoms with Crippen LogP contribution < -0.4 is 20.4 Å². The SMILES string of the molecule is C[C@H]1CN(c2cc(F)c(-c3ccc(N4CCOCC4)c(F)c3)cc2NC(=O)C2CNC(=O)CC2C(F)F)CCN1C. The van der Waals surface area contributed by atoms with Gasteiger partial charge >= 0.3 is 0 Å². The van der Waals surface area contributed by atoms with Crippen molar-refractivity contribution in [3.05, 3.63) is 42.0 Å². The minimum absolute atomic E-state index is 0.0704. The van der Waals surface area contributed by atoms with Gasteiger partial charge in [-0.2, -0.15) is 0 Å². The number of carbonyl (C=O) groups is 2. The maximum absolute atomic E-state index is 15.7. The van der Waals surface area contributed by atoms with E-state index in [1.165, 1.54) is 18.2 Å². The fraction of sp³-hybridized carbons (Fsp3) is 0.517. The van der Waals surface area contributed by atoms with E-state index in [0.29, 0.717) is 57.3 Å². The molecule has 3 aliphatic rings. The maximum atomic E-state index is 15.7. The standard InChI is InChI=1S/C29H35F4N5O3/c1-17-16-38(6-5-36(17)2)26-14-22(30)19(18-3-4-25(23(31)11-18)37-7-9-41-10-8-37)12-24(26)35-29(40)21-15-34-27(39)13-20(21)28(32)33/h3-4,11-12,14,17,20-21,28H,5-10,13,15-16H2,1-2H3,(H,34,39)(H,35,40)/t17-,20?,21?/m0/s1. The molecule has 3 saturated heterocycles. The smallest absolute Gasteiger partial charge is 0.242 e. The second-order valence-corrected chi connectivity index (χ2v) is 11.0. The molecule has 0 aromatic heterocycles. The molecule has 2 amide bonds. The number of ether oxygens (including phenoxy) is 1. The summed E-state index contributed by atoms with van der Waals surface area (Å²) in [4.78, 5) is 31.1. The fourth-order valence-corrected chi connectivity index (χ4v) is 5.73. The summed E-state index contributed by atoms with van der Waals surface area (Å²) in [5, 5.41) is 5.25. The number of nitrogens with one attached hydrogen (secondary N) is 2. The summed E-state index contributed by atoms with van der Waals surface area (Å²) in [6.07, 6.45) is -3.31. The Balaban J connectivity index is 1.49. The number of carbonyl (C=O) groups excluding carboxylic acids is 2. The summed E-state index contributed by atoms with van der Waals surface area (Å²) in [5.74, 6) is -4.92. The van der Waals surface area contributed by atoms with Gasteiger partial charge in [0.05, 0.1) is 36.2 Å². The Kier molecular flexibility index (Phi) is 8.69. The first kappa shape index (κ1) is 29.1. The predicted molar refractivity (Wildman–Crippen MR) is 148 cm³/mol. The number of morpholine rings is 1. The molecule has 0 aliphatic carbocycles. The summed E-state index contributed by atoms with van der Waals surface area (Å²) in [5.41, 5.74) is 1.40. The number of piperidine rings is 1. The average molecular weight is 578 g/mol. The number of likely N-dealkylation sites (N-methyl/N-ethyl adjacent to an activating group) is 1. The highest BCUT2D eigenvalue weighted by Crippen LogP contribution is 2.38. The monoisotopic (exact) mass is 577 g/mol. The highest BCUT2D eigenvalue weighted by atomic mass is 19.3. The molecule has 0 spiro atoms. The molecule has 8 nitrogen and oxygen atoms in total. The topological polar surface area (TPSA) is 77.1 Å². The van der Waals surface area contributed by atoms with E-state index in [9.17, 15) is 18.4 Å². The molecular formula is C29H35F4N5O3. The van der Waals surface area contributed by atoms with Crippen LogP contribution >= 0.6 is 0 Å². The van der Waals surface area contributed by atoms with E-state index >= 15 is 8.78 Å². The maximum Gasteiger partial charge on any atom is 0.242 e. The number of amides is 2. The van der Waals surface area contributed by atoms with E-state index in [0.717, 1.165) is 0 Å². The van der Waals surface area contributed by atoms with Crippen LogP contribution in [0.15, 0.2) is 30.3 Å². The molecule has 0 saturated carbocycles. The van der Waals surface area contributed by atoms with Gasteiger partial charge in [-0.25, -0.2) is 17.6 Å². The van der Waals surface area contributed by atoms with Crippen molar-refractivity contribution < 1.29 is 31.9 Å². The molecule has 0 radical (unpaired) electrons. The third kappa shape index (κ3) is 6.28. The molecule has 3 fully saturated rings. The second-order valence-electron chi connectivity index (χ2n) is 11.0. The molecule has 2 aromatic carbocycles. The van der Waals surface area contributed by atoms with E-state index in [2.05, 4.69) is 15.5 Å². The van der Waals surface area contributed by atoms with Gasteiger partial charge in [0.1, 0.15) is 11.6 Å².